The van der Waals surface area contributed by atoms with E-state index in [2.05, 4.69) is 31.0 Å². The van der Waals surface area contributed by atoms with Crippen molar-refractivity contribution in [2.24, 2.45) is 0 Å². The van der Waals surface area contributed by atoms with Crippen molar-refractivity contribution in [2.75, 3.05) is 44.7 Å². The second-order valence-corrected chi connectivity index (χ2v) is 9.91. The minimum absolute atomic E-state index is 0.0138. The van der Waals surface area contributed by atoms with E-state index in [0.717, 1.165) is 40.8 Å². The first-order chi connectivity index (χ1) is 17.4. The Balaban J connectivity index is 1.43. The van der Waals surface area contributed by atoms with E-state index in [1.165, 1.54) is 0 Å². The summed E-state index contributed by atoms with van der Waals surface area (Å²) in [5, 5.41) is 0.734. The van der Waals surface area contributed by atoms with Crippen molar-refractivity contribution in [1.82, 2.24) is 19.8 Å². The summed E-state index contributed by atoms with van der Waals surface area (Å²) >= 11 is 1.60. The predicted octanol–water partition coefficient (Wildman–Crippen LogP) is 4.59. The van der Waals surface area contributed by atoms with Gasteiger partial charge >= 0.3 is 0 Å². The number of carbonyl (C=O) groups excluding carboxylic acids is 2. The first-order valence-electron chi connectivity index (χ1n) is 12.4. The molecule has 2 aromatic carbocycles. The van der Waals surface area contributed by atoms with Gasteiger partial charge < -0.3 is 14.7 Å². The number of nitrogens with zero attached hydrogens (tertiary/aromatic N) is 5. The zero-order valence-electron chi connectivity index (χ0n) is 21.2. The molecule has 2 amide bonds. The van der Waals surface area contributed by atoms with Gasteiger partial charge in [-0.2, -0.15) is 0 Å². The van der Waals surface area contributed by atoms with E-state index in [1.54, 1.807) is 23.6 Å². The van der Waals surface area contributed by atoms with E-state index in [-0.39, 0.29) is 11.8 Å². The summed E-state index contributed by atoms with van der Waals surface area (Å²) in [5.41, 5.74) is 3.76. The monoisotopic (exact) mass is 503 g/mol. The van der Waals surface area contributed by atoms with Crippen LogP contribution in [0.1, 0.15) is 36.2 Å². The maximum atomic E-state index is 12.9. The molecule has 0 saturated carbocycles. The largest absolute Gasteiger partial charge is 0.360 e. The molecule has 2 heterocycles. The molecule has 1 saturated heterocycles. The van der Waals surface area contributed by atoms with Crippen LogP contribution in [-0.2, 0) is 10.5 Å². The Morgan fingerprint density at radius 1 is 0.944 bits per heavy atom. The van der Waals surface area contributed by atoms with Gasteiger partial charge in [0.15, 0.2) is 5.16 Å². The fraction of sp³-hybridized carbons (Fsp3) is 0.357. The number of carbonyl (C=O) groups is 2. The van der Waals surface area contributed by atoms with Crippen LogP contribution in [0, 0.1) is 0 Å². The summed E-state index contributed by atoms with van der Waals surface area (Å²) in [7, 11) is 2.06. The zero-order chi connectivity index (χ0) is 25.5. The maximum Gasteiger partial charge on any atom is 0.253 e. The zero-order valence-corrected chi connectivity index (χ0v) is 22.0. The molecule has 1 aromatic heterocycles. The third kappa shape index (κ3) is 6.43. The number of aromatic nitrogens is 2. The second kappa shape index (κ2) is 12.0. The Morgan fingerprint density at radius 2 is 1.61 bits per heavy atom. The van der Waals surface area contributed by atoms with Crippen molar-refractivity contribution in [2.45, 2.75) is 31.2 Å². The molecule has 1 aliphatic rings. The fourth-order valence-electron chi connectivity index (χ4n) is 4.18. The summed E-state index contributed by atoms with van der Waals surface area (Å²) in [5.74, 6) is 1.70. The molecule has 1 fully saturated rings. The molecule has 8 heteroatoms. The number of hydrogen-bond donors (Lipinski definition) is 0. The predicted molar refractivity (Wildman–Crippen MR) is 145 cm³/mol. The Labute approximate surface area is 217 Å². The molecular formula is C28H33N5O2S. The van der Waals surface area contributed by atoms with Gasteiger partial charge in [0.05, 0.1) is 5.69 Å². The van der Waals surface area contributed by atoms with Crippen molar-refractivity contribution in [3.8, 4) is 11.3 Å². The molecule has 4 rings (SSSR count). The van der Waals surface area contributed by atoms with Crippen molar-refractivity contribution in [3.05, 3.63) is 71.8 Å². The summed E-state index contributed by atoms with van der Waals surface area (Å²) in [6.07, 6.45) is 1.04. The molecule has 0 radical (unpaired) electrons. The first kappa shape index (κ1) is 25.7. The van der Waals surface area contributed by atoms with Crippen molar-refractivity contribution in [3.63, 3.8) is 0 Å². The number of anilines is 1. The molecule has 3 aromatic rings. The van der Waals surface area contributed by atoms with Crippen LogP contribution in [0.4, 0.5) is 5.82 Å². The van der Waals surface area contributed by atoms with Crippen molar-refractivity contribution >= 4 is 29.4 Å². The summed E-state index contributed by atoms with van der Waals surface area (Å²) in [6.45, 7) is 6.97. The van der Waals surface area contributed by atoms with Crippen LogP contribution in [0.3, 0.4) is 0 Å². The van der Waals surface area contributed by atoms with E-state index >= 15 is 0 Å². The van der Waals surface area contributed by atoms with Gasteiger partial charge in [-0.1, -0.05) is 61.2 Å². The Bertz CT molecular complexity index is 1180. The van der Waals surface area contributed by atoms with Gasteiger partial charge in [-0.25, -0.2) is 9.97 Å². The van der Waals surface area contributed by atoms with Gasteiger partial charge in [0.1, 0.15) is 5.82 Å². The van der Waals surface area contributed by atoms with E-state index < -0.39 is 0 Å². The number of benzene rings is 2. The number of thioether (sulfide) groups is 1. The van der Waals surface area contributed by atoms with Gasteiger partial charge in [0.25, 0.3) is 5.91 Å². The molecule has 36 heavy (non-hydrogen) atoms. The Hall–Kier alpha value is -3.39. The highest BCUT2D eigenvalue weighted by Gasteiger charge is 2.23. The number of piperazine rings is 1. The average molecular weight is 504 g/mol. The van der Waals surface area contributed by atoms with Crippen LogP contribution in [-0.4, -0.2) is 71.4 Å². The van der Waals surface area contributed by atoms with Crippen LogP contribution in [0.5, 0.6) is 0 Å². The quantitative estimate of drug-likeness (QED) is 0.331. The molecule has 0 unspecified atom stereocenters. The highest BCUT2D eigenvalue weighted by Crippen LogP contribution is 2.27. The lowest BCUT2D eigenvalue weighted by Gasteiger charge is -2.34. The smallest absolute Gasteiger partial charge is 0.253 e. The Kier molecular flexibility index (Phi) is 8.59. The van der Waals surface area contributed by atoms with Gasteiger partial charge in [-0.15, -0.1) is 0 Å². The minimum Gasteiger partial charge on any atom is -0.360 e. The molecule has 7 nitrogen and oxygen atoms in total. The normalized spacial score (nSPS) is 13.5. The van der Waals surface area contributed by atoms with Gasteiger partial charge in [0, 0.05) is 69.6 Å². The standard InChI is InChI=1S/C28H33N5O2S/c1-4-14-31(3)26-19-25(23-8-6-5-7-9-23)29-28(30-26)36-20-22-10-12-24(13-11-22)27(35)33-17-15-32(16-18-33)21(2)34/h5-13,19H,4,14-18,20H2,1-3H3. The summed E-state index contributed by atoms with van der Waals surface area (Å²) < 4.78 is 0. The highest BCUT2D eigenvalue weighted by molar-refractivity contribution is 7.98. The molecule has 0 bridgehead atoms. The topological polar surface area (TPSA) is 69.6 Å². The lowest BCUT2D eigenvalue weighted by atomic mass is 10.1. The number of amides is 2. The van der Waals surface area contributed by atoms with Crippen LogP contribution < -0.4 is 4.90 Å². The lowest BCUT2D eigenvalue weighted by molar-refractivity contribution is -0.130. The third-order valence-corrected chi connectivity index (χ3v) is 7.21. The second-order valence-electron chi connectivity index (χ2n) is 8.97. The molecule has 0 aliphatic carbocycles. The molecule has 188 valence electrons. The van der Waals surface area contributed by atoms with Crippen LogP contribution in [0.25, 0.3) is 11.3 Å². The summed E-state index contributed by atoms with van der Waals surface area (Å²) in [6, 6.07) is 20.0. The van der Waals surface area contributed by atoms with E-state index in [4.69, 9.17) is 9.97 Å². The SMILES string of the molecule is CCCN(C)c1cc(-c2ccccc2)nc(SCc2ccc(C(=O)N3CCN(C(C)=O)CC3)cc2)n1. The van der Waals surface area contributed by atoms with Crippen molar-refractivity contribution in [1.29, 1.82) is 0 Å². The lowest BCUT2D eigenvalue weighted by Crippen LogP contribution is -2.50. The number of hydrogen-bond acceptors (Lipinski definition) is 6. The first-order valence-corrected chi connectivity index (χ1v) is 13.4. The van der Waals surface area contributed by atoms with E-state index in [9.17, 15) is 9.59 Å². The minimum atomic E-state index is 0.0138. The van der Waals surface area contributed by atoms with Gasteiger partial charge in [0.2, 0.25) is 5.91 Å². The van der Waals surface area contributed by atoms with E-state index in [1.807, 2.05) is 53.4 Å². The van der Waals surface area contributed by atoms with Gasteiger partial charge in [-0.05, 0) is 24.1 Å². The highest BCUT2D eigenvalue weighted by atomic mass is 32.2. The maximum absolute atomic E-state index is 12.9. The molecule has 0 spiro atoms. The van der Waals surface area contributed by atoms with Crippen LogP contribution in [0.2, 0.25) is 0 Å². The third-order valence-electron chi connectivity index (χ3n) is 6.29. The van der Waals surface area contributed by atoms with Crippen molar-refractivity contribution < 1.29 is 9.59 Å². The fourth-order valence-corrected chi connectivity index (χ4v) is 4.99. The van der Waals surface area contributed by atoms with Crippen LogP contribution in [0.15, 0.2) is 65.8 Å². The summed E-state index contributed by atoms with van der Waals surface area (Å²) in [4.78, 5) is 39.8. The van der Waals surface area contributed by atoms with Gasteiger partial charge in [-0.3, -0.25) is 9.59 Å². The average Bonchev–Trinajstić information content (AvgIpc) is 2.92. The number of rotatable bonds is 8. The van der Waals surface area contributed by atoms with E-state index in [0.29, 0.717) is 37.5 Å². The molecule has 1 aliphatic heterocycles. The molecule has 0 atom stereocenters. The van der Waals surface area contributed by atoms with Crippen LogP contribution >= 0.6 is 11.8 Å². The Morgan fingerprint density at radius 3 is 2.25 bits per heavy atom. The molecular weight excluding hydrogens is 470 g/mol. The molecule has 0 N–H and O–H groups in total.